The van der Waals surface area contributed by atoms with Crippen LogP contribution >= 0.6 is 11.6 Å². The lowest BCUT2D eigenvalue weighted by molar-refractivity contribution is -0.116. The third-order valence-corrected chi connectivity index (χ3v) is 2.62. The van der Waals surface area contributed by atoms with Crippen molar-refractivity contribution < 1.29 is 4.79 Å². The standard InChI is InChI=1S/C13H16ClNO/c1-4-6-12(16)15-11-8-5-7-10(9(2)3)13(11)14/h5,7-8H,2,4,6H2,1,3H3,(H,15,16). The highest BCUT2D eigenvalue weighted by Gasteiger charge is 2.08. The molecule has 0 radical (unpaired) electrons. The van der Waals surface area contributed by atoms with E-state index in [1.807, 2.05) is 26.0 Å². The van der Waals surface area contributed by atoms with Crippen LogP contribution in [0, 0.1) is 0 Å². The van der Waals surface area contributed by atoms with Gasteiger partial charge in [0.25, 0.3) is 0 Å². The number of carbonyl (C=O) groups excluding carboxylic acids is 1. The van der Waals surface area contributed by atoms with E-state index in [9.17, 15) is 4.79 Å². The summed E-state index contributed by atoms with van der Waals surface area (Å²) in [6.45, 7) is 7.70. The largest absolute Gasteiger partial charge is 0.325 e. The van der Waals surface area contributed by atoms with Crippen molar-refractivity contribution in [1.29, 1.82) is 0 Å². The van der Waals surface area contributed by atoms with Crippen LogP contribution in [0.2, 0.25) is 5.02 Å². The van der Waals surface area contributed by atoms with E-state index < -0.39 is 0 Å². The molecule has 1 rings (SSSR count). The molecule has 0 aromatic heterocycles. The van der Waals surface area contributed by atoms with Crippen molar-refractivity contribution in [1.82, 2.24) is 0 Å². The van der Waals surface area contributed by atoms with Gasteiger partial charge in [-0.25, -0.2) is 0 Å². The second-order valence-electron chi connectivity index (χ2n) is 3.75. The lowest BCUT2D eigenvalue weighted by atomic mass is 10.1. The van der Waals surface area contributed by atoms with Crippen LogP contribution in [0.25, 0.3) is 5.57 Å². The highest BCUT2D eigenvalue weighted by molar-refractivity contribution is 6.35. The molecule has 0 aliphatic carbocycles. The van der Waals surface area contributed by atoms with Gasteiger partial charge < -0.3 is 5.32 Å². The van der Waals surface area contributed by atoms with Gasteiger partial charge in [-0.1, -0.05) is 37.2 Å². The number of anilines is 1. The van der Waals surface area contributed by atoms with Gasteiger partial charge in [0.2, 0.25) is 5.91 Å². The molecule has 0 fully saturated rings. The first-order valence-corrected chi connectivity index (χ1v) is 5.68. The number of amides is 1. The second-order valence-corrected chi connectivity index (χ2v) is 4.12. The summed E-state index contributed by atoms with van der Waals surface area (Å²) in [7, 11) is 0. The van der Waals surface area contributed by atoms with Gasteiger partial charge in [-0.05, 0) is 30.5 Å². The van der Waals surface area contributed by atoms with Crippen LogP contribution in [0.5, 0.6) is 0 Å². The molecule has 1 N–H and O–H groups in total. The Hall–Kier alpha value is -1.28. The van der Waals surface area contributed by atoms with Crippen LogP contribution in [0.3, 0.4) is 0 Å². The van der Waals surface area contributed by atoms with Crippen LogP contribution in [0.1, 0.15) is 32.3 Å². The first-order valence-electron chi connectivity index (χ1n) is 5.30. The topological polar surface area (TPSA) is 29.1 Å². The van der Waals surface area contributed by atoms with Crippen LogP contribution in [0.15, 0.2) is 24.8 Å². The molecule has 0 saturated carbocycles. The molecule has 0 saturated heterocycles. The summed E-state index contributed by atoms with van der Waals surface area (Å²) in [5, 5.41) is 3.35. The maximum absolute atomic E-state index is 11.5. The Labute approximate surface area is 101 Å². The normalized spacial score (nSPS) is 9.94. The molecular weight excluding hydrogens is 222 g/mol. The van der Waals surface area contributed by atoms with Gasteiger partial charge in [0.1, 0.15) is 0 Å². The maximum atomic E-state index is 11.5. The van der Waals surface area contributed by atoms with Crippen molar-refractivity contribution in [2.45, 2.75) is 26.7 Å². The average Bonchev–Trinajstić information content (AvgIpc) is 2.21. The van der Waals surface area contributed by atoms with Gasteiger partial charge in [0.15, 0.2) is 0 Å². The summed E-state index contributed by atoms with van der Waals surface area (Å²) in [5.41, 5.74) is 2.41. The third kappa shape index (κ3) is 3.11. The minimum Gasteiger partial charge on any atom is -0.325 e. The Kier molecular flexibility index (Phi) is 4.56. The van der Waals surface area contributed by atoms with Crippen molar-refractivity contribution in [3.8, 4) is 0 Å². The molecule has 0 atom stereocenters. The first kappa shape index (κ1) is 12.8. The molecule has 1 aromatic rings. The number of hydrogen-bond acceptors (Lipinski definition) is 1. The number of halogens is 1. The zero-order valence-corrected chi connectivity index (χ0v) is 10.4. The lowest BCUT2D eigenvalue weighted by Gasteiger charge is -2.10. The van der Waals surface area contributed by atoms with E-state index in [0.29, 0.717) is 17.1 Å². The maximum Gasteiger partial charge on any atom is 0.224 e. The molecule has 3 heteroatoms. The van der Waals surface area contributed by atoms with Crippen LogP contribution in [-0.2, 0) is 4.79 Å². The van der Waals surface area contributed by atoms with E-state index in [-0.39, 0.29) is 5.91 Å². The molecule has 2 nitrogen and oxygen atoms in total. The Bertz CT molecular complexity index is 412. The fourth-order valence-electron chi connectivity index (χ4n) is 1.40. The monoisotopic (exact) mass is 237 g/mol. The number of rotatable bonds is 4. The van der Waals surface area contributed by atoms with E-state index >= 15 is 0 Å². The highest BCUT2D eigenvalue weighted by Crippen LogP contribution is 2.29. The van der Waals surface area contributed by atoms with Crippen LogP contribution in [-0.4, -0.2) is 5.91 Å². The van der Waals surface area contributed by atoms with Gasteiger partial charge in [-0.2, -0.15) is 0 Å². The van der Waals surface area contributed by atoms with E-state index in [2.05, 4.69) is 11.9 Å². The SMILES string of the molecule is C=C(C)c1cccc(NC(=O)CCC)c1Cl. The number of nitrogens with one attached hydrogen (secondary N) is 1. The molecule has 0 spiro atoms. The Morgan fingerprint density at radius 2 is 2.19 bits per heavy atom. The zero-order chi connectivity index (χ0) is 12.1. The Morgan fingerprint density at radius 3 is 2.75 bits per heavy atom. The Morgan fingerprint density at radius 1 is 1.50 bits per heavy atom. The average molecular weight is 238 g/mol. The summed E-state index contributed by atoms with van der Waals surface area (Å²) in [5.74, 6) is -0.0109. The number of carbonyl (C=O) groups is 1. The van der Waals surface area contributed by atoms with Gasteiger partial charge in [-0.3, -0.25) is 4.79 Å². The highest BCUT2D eigenvalue weighted by atomic mass is 35.5. The van der Waals surface area contributed by atoms with E-state index in [4.69, 9.17) is 11.6 Å². The Balaban J connectivity index is 2.93. The zero-order valence-electron chi connectivity index (χ0n) is 9.64. The fourth-order valence-corrected chi connectivity index (χ4v) is 1.73. The van der Waals surface area contributed by atoms with Gasteiger partial charge in [0.05, 0.1) is 10.7 Å². The van der Waals surface area contributed by atoms with Crippen molar-refractivity contribution >= 4 is 28.8 Å². The molecule has 0 heterocycles. The molecular formula is C13H16ClNO. The quantitative estimate of drug-likeness (QED) is 0.839. The molecule has 86 valence electrons. The first-order chi connectivity index (χ1) is 7.56. The van der Waals surface area contributed by atoms with E-state index in [0.717, 1.165) is 17.6 Å². The molecule has 0 bridgehead atoms. The number of allylic oxidation sites excluding steroid dienone is 1. The fraction of sp³-hybridized carbons (Fsp3) is 0.308. The number of hydrogen-bond donors (Lipinski definition) is 1. The van der Waals surface area contributed by atoms with Crippen molar-refractivity contribution in [2.24, 2.45) is 0 Å². The minimum absolute atomic E-state index is 0.0109. The summed E-state index contributed by atoms with van der Waals surface area (Å²) in [4.78, 5) is 11.5. The predicted octanol–water partition coefficient (Wildman–Crippen LogP) is 4.11. The molecule has 16 heavy (non-hydrogen) atoms. The van der Waals surface area contributed by atoms with Gasteiger partial charge in [-0.15, -0.1) is 0 Å². The molecule has 1 amide bonds. The molecule has 1 aromatic carbocycles. The minimum atomic E-state index is -0.0109. The summed E-state index contributed by atoms with van der Waals surface area (Å²) >= 11 is 6.17. The number of benzene rings is 1. The van der Waals surface area contributed by atoms with E-state index in [1.54, 1.807) is 6.07 Å². The summed E-state index contributed by atoms with van der Waals surface area (Å²) in [6.07, 6.45) is 1.33. The van der Waals surface area contributed by atoms with E-state index in [1.165, 1.54) is 0 Å². The van der Waals surface area contributed by atoms with Crippen molar-refractivity contribution in [3.05, 3.63) is 35.4 Å². The summed E-state index contributed by atoms with van der Waals surface area (Å²) < 4.78 is 0. The van der Waals surface area contributed by atoms with Crippen molar-refractivity contribution in [3.63, 3.8) is 0 Å². The molecule has 0 aliphatic heterocycles. The lowest BCUT2D eigenvalue weighted by Crippen LogP contribution is -2.11. The smallest absolute Gasteiger partial charge is 0.224 e. The van der Waals surface area contributed by atoms with Gasteiger partial charge >= 0.3 is 0 Å². The predicted molar refractivity (Wildman–Crippen MR) is 69.7 cm³/mol. The van der Waals surface area contributed by atoms with Crippen molar-refractivity contribution in [2.75, 3.05) is 5.32 Å². The molecule has 0 unspecified atom stereocenters. The second kappa shape index (κ2) is 5.71. The van der Waals surface area contributed by atoms with Crippen LogP contribution in [0.4, 0.5) is 5.69 Å². The van der Waals surface area contributed by atoms with Crippen LogP contribution < -0.4 is 5.32 Å². The van der Waals surface area contributed by atoms with Gasteiger partial charge in [0, 0.05) is 6.42 Å². The molecule has 0 aliphatic rings. The summed E-state index contributed by atoms with van der Waals surface area (Å²) in [6, 6.07) is 5.54. The third-order valence-electron chi connectivity index (χ3n) is 2.21.